The van der Waals surface area contributed by atoms with E-state index in [1.54, 1.807) is 23.9 Å². The van der Waals surface area contributed by atoms with Gasteiger partial charge in [0.2, 0.25) is 0 Å². The summed E-state index contributed by atoms with van der Waals surface area (Å²) in [4.78, 5) is 16.9. The maximum absolute atomic E-state index is 12.0. The Labute approximate surface area is 116 Å². The molecule has 0 N–H and O–H groups in total. The first-order valence-corrected chi connectivity index (χ1v) is 6.05. The van der Waals surface area contributed by atoms with Gasteiger partial charge in [-0.05, 0) is 25.1 Å². The van der Waals surface area contributed by atoms with Crippen molar-refractivity contribution >= 4 is 17.5 Å². The van der Waals surface area contributed by atoms with Crippen LogP contribution in [0.5, 0.6) is 0 Å². The van der Waals surface area contributed by atoms with E-state index >= 15 is 0 Å². The fourth-order valence-electron chi connectivity index (χ4n) is 1.74. The molecular weight excluding hydrogens is 266 g/mol. The van der Waals surface area contributed by atoms with Crippen LogP contribution in [0.2, 0.25) is 5.02 Å². The number of hydroxylamine groups is 2. The van der Waals surface area contributed by atoms with E-state index in [1.807, 2.05) is 19.1 Å². The Hall–Kier alpha value is -1.85. The zero-order valence-corrected chi connectivity index (χ0v) is 11.7. The first kappa shape index (κ1) is 13.6. The molecule has 2 aromatic rings. The van der Waals surface area contributed by atoms with E-state index in [1.165, 1.54) is 13.3 Å². The highest BCUT2D eigenvalue weighted by Gasteiger charge is 2.18. The van der Waals surface area contributed by atoms with E-state index in [2.05, 4.69) is 5.10 Å². The lowest BCUT2D eigenvalue weighted by molar-refractivity contribution is -0.0757. The molecule has 0 saturated carbocycles. The van der Waals surface area contributed by atoms with Crippen molar-refractivity contribution in [3.63, 3.8) is 0 Å². The third kappa shape index (κ3) is 2.62. The molecule has 6 heteroatoms. The molecule has 100 valence electrons. The van der Waals surface area contributed by atoms with Gasteiger partial charge in [-0.1, -0.05) is 17.7 Å². The number of halogens is 1. The van der Waals surface area contributed by atoms with Gasteiger partial charge in [0.25, 0.3) is 5.91 Å². The fourth-order valence-corrected chi connectivity index (χ4v) is 1.92. The lowest BCUT2D eigenvalue weighted by atomic mass is 10.2. The van der Waals surface area contributed by atoms with Crippen LogP contribution in [0.3, 0.4) is 0 Å². The molecule has 0 fully saturated rings. The Morgan fingerprint density at radius 2 is 2.21 bits per heavy atom. The number of nitrogens with zero attached hydrogens (tertiary/aromatic N) is 3. The molecular formula is C13H14ClN3O2. The fraction of sp³-hybridized carbons (Fsp3) is 0.231. The largest absolute Gasteiger partial charge is 0.280 e. The highest BCUT2D eigenvalue weighted by atomic mass is 35.5. The lowest BCUT2D eigenvalue weighted by Gasteiger charge is -2.13. The maximum atomic E-state index is 12.0. The monoisotopic (exact) mass is 279 g/mol. The minimum Gasteiger partial charge on any atom is -0.274 e. The quantitative estimate of drug-likeness (QED) is 0.811. The summed E-state index contributed by atoms with van der Waals surface area (Å²) in [6.07, 6.45) is 1.52. The van der Waals surface area contributed by atoms with E-state index in [0.29, 0.717) is 10.6 Å². The summed E-state index contributed by atoms with van der Waals surface area (Å²) >= 11 is 5.95. The van der Waals surface area contributed by atoms with E-state index in [-0.39, 0.29) is 5.91 Å². The molecule has 0 atom stereocenters. The average molecular weight is 280 g/mol. The second kappa shape index (κ2) is 5.42. The van der Waals surface area contributed by atoms with Crippen molar-refractivity contribution < 1.29 is 9.63 Å². The molecule has 0 saturated heterocycles. The number of hydrogen-bond acceptors (Lipinski definition) is 3. The van der Waals surface area contributed by atoms with Crippen LogP contribution in [0.15, 0.2) is 30.5 Å². The van der Waals surface area contributed by atoms with E-state index < -0.39 is 0 Å². The second-order valence-corrected chi connectivity index (χ2v) is 4.46. The normalized spacial score (nSPS) is 10.5. The molecule has 1 heterocycles. The summed E-state index contributed by atoms with van der Waals surface area (Å²) in [5.41, 5.74) is 2.03. The van der Waals surface area contributed by atoms with E-state index in [0.717, 1.165) is 16.4 Å². The molecule has 0 aliphatic carbocycles. The van der Waals surface area contributed by atoms with Crippen molar-refractivity contribution in [3.8, 4) is 5.69 Å². The summed E-state index contributed by atoms with van der Waals surface area (Å²) in [5, 5.41) is 6.00. The number of carbonyl (C=O) groups excluding carboxylic acids is 1. The number of amides is 1. The summed E-state index contributed by atoms with van der Waals surface area (Å²) in [5.74, 6) is -0.242. The van der Waals surface area contributed by atoms with Gasteiger partial charge in [-0.2, -0.15) is 5.10 Å². The minimum atomic E-state index is -0.242. The number of carbonyl (C=O) groups is 1. The molecule has 0 spiro atoms. The van der Waals surface area contributed by atoms with Crippen LogP contribution in [0.4, 0.5) is 0 Å². The van der Waals surface area contributed by atoms with Crippen molar-refractivity contribution in [2.24, 2.45) is 0 Å². The minimum absolute atomic E-state index is 0.242. The molecule has 1 aromatic carbocycles. The van der Waals surface area contributed by atoms with Crippen LogP contribution in [0.1, 0.15) is 16.1 Å². The smallest absolute Gasteiger partial charge is 0.274 e. The third-order valence-corrected chi connectivity index (χ3v) is 3.09. The molecule has 0 aliphatic rings. The molecule has 0 radical (unpaired) electrons. The van der Waals surface area contributed by atoms with Gasteiger partial charge in [0.1, 0.15) is 0 Å². The maximum Gasteiger partial charge on any atom is 0.280 e. The van der Waals surface area contributed by atoms with Crippen LogP contribution in [0.25, 0.3) is 5.69 Å². The van der Waals surface area contributed by atoms with Crippen molar-refractivity contribution in [2.45, 2.75) is 6.92 Å². The third-order valence-electron chi connectivity index (χ3n) is 2.85. The van der Waals surface area contributed by atoms with Gasteiger partial charge in [0.15, 0.2) is 0 Å². The first-order valence-electron chi connectivity index (χ1n) is 5.67. The van der Waals surface area contributed by atoms with Gasteiger partial charge in [-0.25, -0.2) is 9.75 Å². The molecule has 1 aromatic heterocycles. The Morgan fingerprint density at radius 3 is 2.84 bits per heavy atom. The molecule has 2 rings (SSSR count). The average Bonchev–Trinajstić information content (AvgIpc) is 2.78. The van der Waals surface area contributed by atoms with Gasteiger partial charge >= 0.3 is 0 Å². The van der Waals surface area contributed by atoms with E-state index in [4.69, 9.17) is 16.4 Å². The Balaban J connectivity index is 2.41. The molecule has 5 nitrogen and oxygen atoms in total. The number of hydrogen-bond donors (Lipinski definition) is 0. The van der Waals surface area contributed by atoms with Gasteiger partial charge in [-0.15, -0.1) is 0 Å². The Kier molecular flexibility index (Phi) is 3.87. The summed E-state index contributed by atoms with van der Waals surface area (Å²) in [6.45, 7) is 1.82. The predicted molar refractivity (Wildman–Crippen MR) is 72.4 cm³/mol. The van der Waals surface area contributed by atoms with Gasteiger partial charge in [-0.3, -0.25) is 9.63 Å². The highest BCUT2D eigenvalue weighted by molar-refractivity contribution is 6.30. The van der Waals surface area contributed by atoms with Gasteiger partial charge < -0.3 is 0 Å². The standard InChI is InChI=1S/C13H14ClN3O2/c1-9-12(13(18)16(2)19-3)8-15-17(9)11-6-4-5-10(14)7-11/h4-8H,1-3H3. The topological polar surface area (TPSA) is 47.4 Å². The second-order valence-electron chi connectivity index (χ2n) is 4.02. The van der Waals surface area contributed by atoms with E-state index in [9.17, 15) is 4.79 Å². The van der Waals surface area contributed by atoms with Crippen molar-refractivity contribution in [1.82, 2.24) is 14.8 Å². The van der Waals surface area contributed by atoms with Gasteiger partial charge in [0, 0.05) is 12.1 Å². The van der Waals surface area contributed by atoms with Crippen LogP contribution >= 0.6 is 11.6 Å². The highest BCUT2D eigenvalue weighted by Crippen LogP contribution is 2.18. The van der Waals surface area contributed by atoms with Crippen molar-refractivity contribution in [1.29, 1.82) is 0 Å². The zero-order chi connectivity index (χ0) is 14.0. The predicted octanol–water partition coefficient (Wildman–Crippen LogP) is 2.47. The van der Waals surface area contributed by atoms with Gasteiger partial charge in [0.05, 0.1) is 30.3 Å². The van der Waals surface area contributed by atoms with Crippen LogP contribution in [-0.4, -0.2) is 34.9 Å². The summed E-state index contributed by atoms with van der Waals surface area (Å²) < 4.78 is 1.67. The molecule has 0 bridgehead atoms. The van der Waals surface area contributed by atoms with Crippen LogP contribution in [-0.2, 0) is 4.84 Å². The van der Waals surface area contributed by atoms with Crippen LogP contribution in [0, 0.1) is 6.92 Å². The number of benzene rings is 1. The summed E-state index contributed by atoms with van der Waals surface area (Å²) in [7, 11) is 2.99. The van der Waals surface area contributed by atoms with Crippen molar-refractivity contribution in [3.05, 3.63) is 46.7 Å². The number of aromatic nitrogens is 2. The van der Waals surface area contributed by atoms with Crippen molar-refractivity contribution in [2.75, 3.05) is 14.2 Å². The summed E-state index contributed by atoms with van der Waals surface area (Å²) in [6, 6.07) is 7.28. The first-order chi connectivity index (χ1) is 9.04. The molecule has 1 amide bonds. The Morgan fingerprint density at radius 1 is 1.47 bits per heavy atom. The SMILES string of the molecule is CON(C)C(=O)c1cnn(-c2cccc(Cl)c2)c1C. The lowest BCUT2D eigenvalue weighted by Crippen LogP contribution is -2.25. The van der Waals surface area contributed by atoms with Crippen LogP contribution < -0.4 is 0 Å². The molecule has 19 heavy (non-hydrogen) atoms. The Bertz CT molecular complexity index is 610. The molecule has 0 aliphatic heterocycles. The molecule has 0 unspecified atom stereocenters. The number of rotatable bonds is 3. The zero-order valence-electron chi connectivity index (χ0n) is 10.9.